The van der Waals surface area contributed by atoms with Crippen molar-refractivity contribution >= 4 is 11.7 Å². The van der Waals surface area contributed by atoms with Crippen molar-refractivity contribution in [1.82, 2.24) is 15.5 Å². The number of nitrogens with zero attached hydrogens (tertiary/aromatic N) is 2. The number of aromatic nitrogens is 2. The number of Topliss-reactive ketones (excluding diaryl/α,β-unsaturated/α-hetero) is 1. The Bertz CT molecular complexity index is 997. The fourth-order valence-corrected chi connectivity index (χ4v) is 3.10. The Hall–Kier alpha value is -3.48. The van der Waals surface area contributed by atoms with Crippen LogP contribution in [0.4, 0.5) is 0 Å². The minimum Gasteiger partial charge on any atom is -0.494 e. The van der Waals surface area contributed by atoms with Crippen molar-refractivity contribution in [2.75, 3.05) is 6.61 Å². The lowest BCUT2D eigenvalue weighted by molar-refractivity contribution is -0.122. The van der Waals surface area contributed by atoms with Gasteiger partial charge in [0.2, 0.25) is 17.6 Å². The number of carbonyl (C=O) groups is 2. The van der Waals surface area contributed by atoms with Gasteiger partial charge in [-0.15, -0.1) is 0 Å². The van der Waals surface area contributed by atoms with Crippen LogP contribution < -0.4 is 10.1 Å². The van der Waals surface area contributed by atoms with E-state index in [-0.39, 0.29) is 30.4 Å². The predicted molar refractivity (Wildman–Crippen MR) is 117 cm³/mol. The Morgan fingerprint density at radius 3 is 2.39 bits per heavy atom. The molecule has 7 nitrogen and oxygen atoms in total. The molecule has 3 aromatic rings. The fourth-order valence-electron chi connectivity index (χ4n) is 3.10. The van der Waals surface area contributed by atoms with E-state index in [2.05, 4.69) is 15.5 Å². The van der Waals surface area contributed by atoms with Crippen LogP contribution in [-0.4, -0.2) is 28.4 Å². The van der Waals surface area contributed by atoms with Crippen LogP contribution in [0.5, 0.6) is 5.75 Å². The first-order valence-electron chi connectivity index (χ1n) is 10.4. The number of rotatable bonds is 10. The van der Waals surface area contributed by atoms with Gasteiger partial charge in [-0.3, -0.25) is 9.59 Å². The standard InChI is InChI=1S/C24H27N3O4/c1-4-30-19-12-10-17(11-13-19)20(28)14-15-21(29)25-22(16(2)3)24-26-23(27-31-24)18-8-6-5-7-9-18/h5-13,16,22H,4,14-15H2,1-3H3,(H,25,29). The zero-order valence-electron chi connectivity index (χ0n) is 18.0. The highest BCUT2D eigenvalue weighted by Gasteiger charge is 2.25. The third kappa shape index (κ3) is 6.01. The molecule has 0 radical (unpaired) electrons. The van der Waals surface area contributed by atoms with Crippen LogP contribution in [-0.2, 0) is 4.79 Å². The van der Waals surface area contributed by atoms with E-state index in [0.717, 1.165) is 5.56 Å². The lowest BCUT2D eigenvalue weighted by Gasteiger charge is -2.18. The normalized spacial score (nSPS) is 11.9. The Morgan fingerprint density at radius 2 is 1.74 bits per heavy atom. The highest BCUT2D eigenvalue weighted by atomic mass is 16.5. The maximum absolute atomic E-state index is 12.5. The summed E-state index contributed by atoms with van der Waals surface area (Å²) in [5, 5.41) is 6.95. The summed E-state index contributed by atoms with van der Waals surface area (Å²) in [4.78, 5) is 29.4. The Balaban J connectivity index is 1.58. The average molecular weight is 421 g/mol. The van der Waals surface area contributed by atoms with Gasteiger partial charge in [-0.1, -0.05) is 49.3 Å². The number of amides is 1. The van der Waals surface area contributed by atoms with E-state index in [1.165, 1.54) is 0 Å². The van der Waals surface area contributed by atoms with Gasteiger partial charge in [0.15, 0.2) is 5.78 Å². The molecule has 0 aliphatic carbocycles. The van der Waals surface area contributed by atoms with E-state index < -0.39 is 6.04 Å². The third-order valence-electron chi connectivity index (χ3n) is 4.79. The lowest BCUT2D eigenvalue weighted by atomic mass is 10.0. The predicted octanol–water partition coefficient (Wildman–Crippen LogP) is 4.61. The second kappa shape index (κ2) is 10.5. The minimum atomic E-state index is -0.432. The summed E-state index contributed by atoms with van der Waals surface area (Å²) in [6.07, 6.45) is 0.193. The molecule has 1 N–H and O–H groups in total. The second-order valence-corrected chi connectivity index (χ2v) is 7.49. The Morgan fingerprint density at radius 1 is 1.03 bits per heavy atom. The molecule has 162 valence electrons. The van der Waals surface area contributed by atoms with E-state index in [4.69, 9.17) is 9.26 Å². The van der Waals surface area contributed by atoms with Gasteiger partial charge in [-0.2, -0.15) is 4.98 Å². The third-order valence-corrected chi connectivity index (χ3v) is 4.79. The molecule has 7 heteroatoms. The van der Waals surface area contributed by atoms with Gasteiger partial charge in [0.25, 0.3) is 0 Å². The van der Waals surface area contributed by atoms with E-state index in [0.29, 0.717) is 29.6 Å². The van der Waals surface area contributed by atoms with Gasteiger partial charge < -0.3 is 14.6 Å². The number of carbonyl (C=O) groups excluding carboxylic acids is 2. The van der Waals surface area contributed by atoms with E-state index >= 15 is 0 Å². The van der Waals surface area contributed by atoms with E-state index in [1.54, 1.807) is 24.3 Å². The molecule has 0 spiro atoms. The van der Waals surface area contributed by atoms with Crippen LogP contribution in [0, 0.1) is 5.92 Å². The highest BCUT2D eigenvalue weighted by Crippen LogP contribution is 2.24. The molecular weight excluding hydrogens is 394 g/mol. The maximum Gasteiger partial charge on any atom is 0.249 e. The van der Waals surface area contributed by atoms with Crippen LogP contribution in [0.3, 0.4) is 0 Å². The van der Waals surface area contributed by atoms with Crippen LogP contribution in [0.1, 0.15) is 55.9 Å². The Labute approximate surface area is 181 Å². The van der Waals surface area contributed by atoms with Gasteiger partial charge in [0, 0.05) is 24.0 Å². The monoisotopic (exact) mass is 421 g/mol. The first-order valence-corrected chi connectivity index (χ1v) is 10.4. The molecule has 1 heterocycles. The number of ether oxygens (including phenoxy) is 1. The molecule has 0 aliphatic rings. The average Bonchev–Trinajstić information content (AvgIpc) is 3.27. The van der Waals surface area contributed by atoms with Crippen molar-refractivity contribution in [3.05, 3.63) is 66.1 Å². The summed E-state index contributed by atoms with van der Waals surface area (Å²) in [6.45, 7) is 6.39. The molecule has 1 amide bonds. The molecule has 31 heavy (non-hydrogen) atoms. The zero-order valence-corrected chi connectivity index (χ0v) is 18.0. The summed E-state index contributed by atoms with van der Waals surface area (Å²) in [5.41, 5.74) is 1.40. The van der Waals surface area contributed by atoms with Crippen molar-refractivity contribution in [1.29, 1.82) is 0 Å². The highest BCUT2D eigenvalue weighted by molar-refractivity contribution is 5.98. The SMILES string of the molecule is CCOc1ccc(C(=O)CCC(=O)NC(c2nc(-c3ccccc3)no2)C(C)C)cc1. The van der Waals surface area contributed by atoms with Crippen molar-refractivity contribution in [3.63, 3.8) is 0 Å². The molecule has 0 saturated heterocycles. The minimum absolute atomic E-state index is 0.0369. The molecular formula is C24H27N3O4. The number of ketones is 1. The topological polar surface area (TPSA) is 94.3 Å². The van der Waals surface area contributed by atoms with Gasteiger partial charge in [-0.25, -0.2) is 0 Å². The number of hydrogen-bond acceptors (Lipinski definition) is 6. The van der Waals surface area contributed by atoms with Crippen molar-refractivity contribution < 1.29 is 18.8 Å². The van der Waals surface area contributed by atoms with Gasteiger partial charge in [-0.05, 0) is 37.1 Å². The summed E-state index contributed by atoms with van der Waals surface area (Å²) >= 11 is 0. The molecule has 0 bridgehead atoms. The molecule has 1 aromatic heterocycles. The maximum atomic E-state index is 12.5. The molecule has 0 fully saturated rings. The molecule has 0 aliphatic heterocycles. The molecule has 2 aromatic carbocycles. The van der Waals surface area contributed by atoms with Crippen molar-refractivity contribution in [2.24, 2.45) is 5.92 Å². The molecule has 0 saturated carbocycles. The summed E-state index contributed by atoms with van der Waals surface area (Å²) in [6, 6.07) is 16.0. The molecule has 1 unspecified atom stereocenters. The first kappa shape index (κ1) is 22.2. The van der Waals surface area contributed by atoms with Gasteiger partial charge in [0.1, 0.15) is 11.8 Å². The smallest absolute Gasteiger partial charge is 0.249 e. The van der Waals surface area contributed by atoms with Crippen molar-refractivity contribution in [2.45, 2.75) is 39.7 Å². The quantitative estimate of drug-likeness (QED) is 0.480. The van der Waals surface area contributed by atoms with Crippen molar-refractivity contribution in [3.8, 4) is 17.1 Å². The summed E-state index contributed by atoms with van der Waals surface area (Å²) < 4.78 is 10.8. The van der Waals surface area contributed by atoms with Crippen LogP contribution in [0.2, 0.25) is 0 Å². The summed E-state index contributed by atoms with van der Waals surface area (Å²) in [7, 11) is 0. The number of benzene rings is 2. The van der Waals surface area contributed by atoms with Crippen LogP contribution in [0.15, 0.2) is 59.1 Å². The Kier molecular flexibility index (Phi) is 7.54. The summed E-state index contributed by atoms with van der Waals surface area (Å²) in [5.74, 6) is 1.24. The first-order chi connectivity index (χ1) is 15.0. The molecule has 3 rings (SSSR count). The van der Waals surface area contributed by atoms with Crippen LogP contribution in [0.25, 0.3) is 11.4 Å². The van der Waals surface area contributed by atoms with Gasteiger partial charge >= 0.3 is 0 Å². The number of hydrogen-bond donors (Lipinski definition) is 1. The van der Waals surface area contributed by atoms with E-state index in [1.807, 2.05) is 51.1 Å². The lowest BCUT2D eigenvalue weighted by Crippen LogP contribution is -2.32. The largest absolute Gasteiger partial charge is 0.494 e. The fraction of sp³-hybridized carbons (Fsp3) is 0.333. The molecule has 1 atom stereocenters. The zero-order chi connectivity index (χ0) is 22.2. The van der Waals surface area contributed by atoms with Gasteiger partial charge in [0.05, 0.1) is 6.61 Å². The van der Waals surface area contributed by atoms with Crippen LogP contribution >= 0.6 is 0 Å². The number of nitrogens with one attached hydrogen (secondary N) is 1. The van der Waals surface area contributed by atoms with E-state index in [9.17, 15) is 9.59 Å². The second-order valence-electron chi connectivity index (χ2n) is 7.49.